The van der Waals surface area contributed by atoms with E-state index in [0.717, 1.165) is 29.3 Å². The number of aryl methyl sites for hydroxylation is 1. The number of carbonyl (C=O) groups is 1. The van der Waals surface area contributed by atoms with Crippen LogP contribution in [0.15, 0.2) is 53.4 Å². The second-order valence-electron chi connectivity index (χ2n) is 7.59. The molecule has 2 aromatic rings. The van der Waals surface area contributed by atoms with E-state index < -0.39 is 21.7 Å². The van der Waals surface area contributed by atoms with Gasteiger partial charge in [0, 0.05) is 20.1 Å². The molecule has 1 amide bonds. The van der Waals surface area contributed by atoms with Crippen LogP contribution in [0.5, 0.6) is 5.75 Å². The lowest BCUT2D eigenvalue weighted by molar-refractivity contribution is -0.171. The molecule has 8 heteroatoms. The molecule has 0 aromatic heterocycles. The number of unbranched alkanes of at least 4 members (excludes halogenated alkanes) is 1. The highest BCUT2D eigenvalue weighted by atomic mass is 32.2. The van der Waals surface area contributed by atoms with Crippen LogP contribution < -0.4 is 10.1 Å². The number of carbonyl (C=O) groups excluding carboxylic acids is 1. The first-order valence-electron chi connectivity index (χ1n) is 10.2. The van der Waals surface area contributed by atoms with E-state index in [0.29, 0.717) is 19.5 Å². The zero-order valence-electron chi connectivity index (χ0n) is 17.0. The smallest absolute Gasteiger partial charge is 0.269 e. The van der Waals surface area contributed by atoms with E-state index in [9.17, 15) is 13.2 Å². The van der Waals surface area contributed by atoms with Gasteiger partial charge < -0.3 is 14.8 Å². The molecule has 7 nitrogen and oxygen atoms in total. The first-order valence-corrected chi connectivity index (χ1v) is 11.6. The van der Waals surface area contributed by atoms with Crippen molar-refractivity contribution in [1.29, 1.82) is 0 Å². The van der Waals surface area contributed by atoms with E-state index in [4.69, 9.17) is 9.47 Å². The van der Waals surface area contributed by atoms with Gasteiger partial charge in [0.05, 0.1) is 12.1 Å². The van der Waals surface area contributed by atoms with Crippen LogP contribution in [0.4, 0.5) is 0 Å². The molecule has 30 heavy (non-hydrogen) atoms. The molecule has 0 fully saturated rings. The van der Waals surface area contributed by atoms with Gasteiger partial charge in [-0.15, -0.1) is 0 Å². The molecular weight excluding hydrogens is 404 g/mol. The van der Waals surface area contributed by atoms with E-state index in [1.807, 2.05) is 18.2 Å². The maximum atomic E-state index is 12.6. The molecule has 0 saturated carbocycles. The highest BCUT2D eigenvalue weighted by Crippen LogP contribution is 2.33. The fourth-order valence-electron chi connectivity index (χ4n) is 3.96. The molecule has 0 saturated heterocycles. The van der Waals surface area contributed by atoms with Gasteiger partial charge in [-0.1, -0.05) is 30.3 Å². The van der Waals surface area contributed by atoms with E-state index >= 15 is 0 Å². The lowest BCUT2D eigenvalue weighted by Gasteiger charge is -2.37. The quantitative estimate of drug-likeness (QED) is 0.648. The van der Waals surface area contributed by atoms with Gasteiger partial charge in [0.1, 0.15) is 10.6 Å². The zero-order chi connectivity index (χ0) is 21.2. The van der Waals surface area contributed by atoms with Gasteiger partial charge in [-0.3, -0.25) is 4.79 Å². The minimum absolute atomic E-state index is 0.102. The van der Waals surface area contributed by atoms with Crippen LogP contribution >= 0.6 is 0 Å². The Morgan fingerprint density at radius 2 is 1.90 bits per heavy atom. The van der Waals surface area contributed by atoms with Gasteiger partial charge >= 0.3 is 0 Å². The summed E-state index contributed by atoms with van der Waals surface area (Å²) in [7, 11) is -2.07. The molecular formula is C22H26N2O5S. The van der Waals surface area contributed by atoms with Crippen molar-refractivity contribution in [2.24, 2.45) is 0 Å². The summed E-state index contributed by atoms with van der Waals surface area (Å²) in [5.41, 5.74) is 1.44. The van der Waals surface area contributed by atoms with Gasteiger partial charge in [0.15, 0.2) is 0 Å². The number of hydrogen-bond donors (Lipinski definition) is 1. The first-order chi connectivity index (χ1) is 14.5. The number of rotatable bonds is 8. The standard InChI is InChI=1S/C22H26N2O5S/c1-28-22(13-12-17-8-2-4-10-19(17)29-22)16-23-14-6-7-15-24-21(25)18-9-3-5-11-20(18)30(24,26)27/h2-5,8-11,23H,6-7,12-16H2,1H3. The van der Waals surface area contributed by atoms with Gasteiger partial charge in [0.25, 0.3) is 15.9 Å². The van der Waals surface area contributed by atoms with Crippen molar-refractivity contribution in [3.8, 4) is 5.75 Å². The number of amides is 1. The monoisotopic (exact) mass is 430 g/mol. The third-order valence-electron chi connectivity index (χ3n) is 5.69. The van der Waals surface area contributed by atoms with Gasteiger partial charge in [-0.05, 0) is 49.6 Å². The Hall–Kier alpha value is -2.42. The summed E-state index contributed by atoms with van der Waals surface area (Å²) in [6, 6.07) is 14.3. The summed E-state index contributed by atoms with van der Waals surface area (Å²) in [5, 5.41) is 3.35. The third kappa shape index (κ3) is 3.82. The van der Waals surface area contributed by atoms with Crippen LogP contribution in [0.25, 0.3) is 0 Å². The first kappa shape index (κ1) is 20.8. The lowest BCUT2D eigenvalue weighted by Crippen LogP contribution is -2.49. The Labute approximate surface area is 177 Å². The normalized spacial score (nSPS) is 21.8. The Balaban J connectivity index is 1.25. The maximum Gasteiger partial charge on any atom is 0.269 e. The van der Waals surface area contributed by atoms with Crippen LogP contribution in [0, 0.1) is 0 Å². The molecule has 2 heterocycles. The SMILES string of the molecule is COC1(CNCCCCN2C(=O)c3ccccc3S2(=O)=O)CCc2ccccc2O1. The van der Waals surface area contributed by atoms with E-state index in [-0.39, 0.29) is 17.0 Å². The molecule has 160 valence electrons. The molecule has 0 radical (unpaired) electrons. The molecule has 1 atom stereocenters. The van der Waals surface area contributed by atoms with Crippen molar-refractivity contribution >= 4 is 15.9 Å². The second-order valence-corrected chi connectivity index (χ2v) is 9.42. The number of nitrogens with zero attached hydrogens (tertiary/aromatic N) is 1. The largest absolute Gasteiger partial charge is 0.461 e. The molecule has 1 N–H and O–H groups in total. The zero-order valence-corrected chi connectivity index (χ0v) is 17.8. The van der Waals surface area contributed by atoms with Crippen molar-refractivity contribution in [2.45, 2.75) is 36.4 Å². The van der Waals surface area contributed by atoms with Gasteiger partial charge in [-0.25, -0.2) is 12.7 Å². The van der Waals surface area contributed by atoms with E-state index in [2.05, 4.69) is 11.4 Å². The summed E-state index contributed by atoms with van der Waals surface area (Å²) < 4.78 is 37.9. The Morgan fingerprint density at radius 3 is 2.70 bits per heavy atom. The molecule has 0 bridgehead atoms. The summed E-state index contributed by atoms with van der Waals surface area (Å²) in [5.74, 6) is -0.291. The van der Waals surface area contributed by atoms with Crippen LogP contribution in [0.3, 0.4) is 0 Å². The number of ether oxygens (including phenoxy) is 2. The average Bonchev–Trinajstić information content (AvgIpc) is 2.96. The number of fused-ring (bicyclic) bond motifs is 2. The number of benzene rings is 2. The highest BCUT2D eigenvalue weighted by Gasteiger charge is 2.40. The predicted molar refractivity (Wildman–Crippen MR) is 112 cm³/mol. The number of methoxy groups -OCH3 is 1. The van der Waals surface area contributed by atoms with Gasteiger partial charge in [0.2, 0.25) is 5.79 Å². The van der Waals surface area contributed by atoms with Gasteiger partial charge in [-0.2, -0.15) is 0 Å². The highest BCUT2D eigenvalue weighted by molar-refractivity contribution is 7.90. The molecule has 0 aliphatic carbocycles. The minimum atomic E-state index is -3.72. The summed E-state index contributed by atoms with van der Waals surface area (Å²) in [6.07, 6.45) is 2.95. The fraction of sp³-hybridized carbons (Fsp3) is 0.409. The Kier molecular flexibility index (Phi) is 5.81. The molecule has 0 spiro atoms. The Bertz CT molecular complexity index is 1040. The molecule has 2 aromatic carbocycles. The van der Waals surface area contributed by atoms with Crippen molar-refractivity contribution in [3.05, 3.63) is 59.7 Å². The topological polar surface area (TPSA) is 84.9 Å². The van der Waals surface area contributed by atoms with Crippen LogP contribution in [0.1, 0.15) is 35.2 Å². The van der Waals surface area contributed by atoms with E-state index in [1.165, 1.54) is 11.6 Å². The van der Waals surface area contributed by atoms with Crippen LogP contribution in [-0.2, 0) is 21.2 Å². The Morgan fingerprint density at radius 1 is 1.13 bits per heavy atom. The van der Waals surface area contributed by atoms with Crippen LogP contribution in [-0.4, -0.2) is 51.2 Å². The summed E-state index contributed by atoms with van der Waals surface area (Å²) in [6.45, 7) is 1.38. The van der Waals surface area contributed by atoms with Crippen molar-refractivity contribution < 1.29 is 22.7 Å². The average molecular weight is 431 g/mol. The van der Waals surface area contributed by atoms with Crippen molar-refractivity contribution in [3.63, 3.8) is 0 Å². The summed E-state index contributed by atoms with van der Waals surface area (Å²) >= 11 is 0. The fourth-order valence-corrected chi connectivity index (χ4v) is 5.57. The van der Waals surface area contributed by atoms with Crippen molar-refractivity contribution in [1.82, 2.24) is 9.62 Å². The molecule has 4 rings (SSSR count). The second kappa shape index (κ2) is 8.37. The van der Waals surface area contributed by atoms with E-state index in [1.54, 1.807) is 25.3 Å². The molecule has 2 aliphatic heterocycles. The maximum absolute atomic E-state index is 12.6. The number of nitrogens with one attached hydrogen (secondary N) is 1. The number of sulfonamides is 1. The van der Waals surface area contributed by atoms with Crippen molar-refractivity contribution in [2.75, 3.05) is 26.7 Å². The third-order valence-corrected chi connectivity index (χ3v) is 7.53. The van der Waals surface area contributed by atoms with Crippen LogP contribution in [0.2, 0.25) is 0 Å². The predicted octanol–water partition coefficient (Wildman–Crippen LogP) is 2.57. The lowest BCUT2D eigenvalue weighted by atomic mass is 9.99. The molecule has 1 unspecified atom stereocenters. The number of hydrogen-bond acceptors (Lipinski definition) is 6. The minimum Gasteiger partial charge on any atom is -0.461 e. The number of para-hydroxylation sites is 1. The molecule has 2 aliphatic rings. The summed E-state index contributed by atoms with van der Waals surface area (Å²) in [4.78, 5) is 12.5.